The Morgan fingerprint density at radius 3 is 2.94 bits per heavy atom. The number of hydrogen-bond acceptors (Lipinski definition) is 4. The fourth-order valence-electron chi connectivity index (χ4n) is 1.85. The zero-order valence-corrected chi connectivity index (χ0v) is 10.4. The zero-order chi connectivity index (χ0) is 13.1. The molecule has 1 amide bonds. The first-order valence-corrected chi connectivity index (χ1v) is 5.76. The van der Waals surface area contributed by atoms with Gasteiger partial charge in [-0.25, -0.2) is 0 Å². The maximum Gasteiger partial charge on any atom is 0.266 e. The number of nitrogens with zero attached hydrogens (tertiary/aromatic N) is 1. The van der Waals surface area contributed by atoms with Crippen LogP contribution in [0.4, 0.5) is 5.69 Å². The average molecular weight is 249 g/mol. The smallest absolute Gasteiger partial charge is 0.266 e. The van der Waals surface area contributed by atoms with Gasteiger partial charge in [0.05, 0.1) is 5.69 Å². The number of amides is 1. The molecule has 96 valence electrons. The lowest BCUT2D eigenvalue weighted by Gasteiger charge is -2.28. The Balaban J connectivity index is 2.41. The molecule has 1 aliphatic rings. The summed E-state index contributed by atoms with van der Waals surface area (Å²) in [6.07, 6.45) is 0.428. The van der Waals surface area contributed by atoms with Crippen LogP contribution in [-0.2, 0) is 9.53 Å². The van der Waals surface area contributed by atoms with Crippen LogP contribution >= 0.6 is 0 Å². The molecule has 1 aromatic carbocycles. The van der Waals surface area contributed by atoms with Crippen molar-refractivity contribution in [3.05, 3.63) is 23.8 Å². The summed E-state index contributed by atoms with van der Waals surface area (Å²) in [7, 11) is 1.52. The predicted molar refractivity (Wildman–Crippen MR) is 65.9 cm³/mol. The highest BCUT2D eigenvalue weighted by atomic mass is 16.5. The summed E-state index contributed by atoms with van der Waals surface area (Å²) in [5.74, 6) is 0.456. The molecule has 1 aliphatic heterocycles. The maximum atomic E-state index is 11.7. The number of hydrogen-bond donors (Lipinski definition) is 0. The van der Waals surface area contributed by atoms with Crippen LogP contribution in [0.1, 0.15) is 23.7 Å². The summed E-state index contributed by atoms with van der Waals surface area (Å²) in [6, 6.07) is 5.11. The minimum Gasteiger partial charge on any atom is -0.482 e. The van der Waals surface area contributed by atoms with Gasteiger partial charge in [0.25, 0.3) is 5.91 Å². The van der Waals surface area contributed by atoms with E-state index in [4.69, 9.17) is 9.47 Å². The minimum absolute atomic E-state index is 0.00255. The van der Waals surface area contributed by atoms with Gasteiger partial charge in [-0.1, -0.05) is 6.92 Å². The Morgan fingerprint density at radius 2 is 2.28 bits per heavy atom. The van der Waals surface area contributed by atoms with Crippen molar-refractivity contribution in [2.75, 3.05) is 25.3 Å². The number of ketones is 1. The highest BCUT2D eigenvalue weighted by Gasteiger charge is 2.26. The summed E-state index contributed by atoms with van der Waals surface area (Å²) in [5, 5.41) is 0. The first kappa shape index (κ1) is 12.6. The first-order valence-electron chi connectivity index (χ1n) is 5.76. The van der Waals surface area contributed by atoms with Gasteiger partial charge in [-0.2, -0.15) is 0 Å². The molecule has 0 bridgehead atoms. The molecule has 0 atom stereocenters. The SMILES string of the molecule is CCC(=O)c1ccc2c(c1)N(COC)C(=O)CO2. The van der Waals surface area contributed by atoms with Crippen molar-refractivity contribution < 1.29 is 19.1 Å². The molecular formula is C13H15NO4. The molecule has 0 aromatic heterocycles. The number of methoxy groups -OCH3 is 1. The fraction of sp³-hybridized carbons (Fsp3) is 0.385. The lowest BCUT2D eigenvalue weighted by atomic mass is 10.1. The number of rotatable bonds is 4. The van der Waals surface area contributed by atoms with Crippen LogP contribution in [0, 0.1) is 0 Å². The van der Waals surface area contributed by atoms with Gasteiger partial charge in [0.2, 0.25) is 0 Å². The van der Waals surface area contributed by atoms with E-state index in [9.17, 15) is 9.59 Å². The number of ether oxygens (including phenoxy) is 2. The van der Waals surface area contributed by atoms with Crippen LogP contribution in [0.15, 0.2) is 18.2 Å². The van der Waals surface area contributed by atoms with E-state index in [0.717, 1.165) is 0 Å². The Kier molecular flexibility index (Phi) is 3.62. The van der Waals surface area contributed by atoms with Crippen molar-refractivity contribution in [2.24, 2.45) is 0 Å². The van der Waals surface area contributed by atoms with Crippen molar-refractivity contribution >= 4 is 17.4 Å². The molecule has 18 heavy (non-hydrogen) atoms. The second kappa shape index (κ2) is 5.18. The quantitative estimate of drug-likeness (QED) is 0.761. The molecule has 2 rings (SSSR count). The second-order valence-electron chi connectivity index (χ2n) is 3.99. The van der Waals surface area contributed by atoms with Crippen LogP contribution in [-0.4, -0.2) is 32.1 Å². The standard InChI is InChI=1S/C13H15NO4/c1-3-11(15)9-4-5-12-10(6-9)14(8-17-2)13(16)7-18-12/h4-6H,3,7-8H2,1-2H3. The number of benzene rings is 1. The summed E-state index contributed by atoms with van der Waals surface area (Å²) < 4.78 is 10.3. The number of carbonyl (C=O) groups excluding carboxylic acids is 2. The molecule has 0 spiro atoms. The monoisotopic (exact) mass is 249 g/mol. The largest absolute Gasteiger partial charge is 0.482 e. The molecular weight excluding hydrogens is 234 g/mol. The van der Waals surface area contributed by atoms with Gasteiger partial charge in [0, 0.05) is 19.1 Å². The number of carbonyl (C=O) groups is 2. The molecule has 0 fully saturated rings. The normalized spacial score (nSPS) is 14.1. The first-order chi connectivity index (χ1) is 8.67. The van der Waals surface area contributed by atoms with Crippen LogP contribution in [0.5, 0.6) is 5.75 Å². The molecule has 1 heterocycles. The summed E-state index contributed by atoms with van der Waals surface area (Å²) in [5.41, 5.74) is 1.17. The van der Waals surface area contributed by atoms with Gasteiger partial charge >= 0.3 is 0 Å². The number of fused-ring (bicyclic) bond motifs is 1. The van der Waals surface area contributed by atoms with Gasteiger partial charge in [-0.05, 0) is 18.2 Å². The fourth-order valence-corrected chi connectivity index (χ4v) is 1.85. The number of anilines is 1. The van der Waals surface area contributed by atoms with Crippen LogP contribution in [0.25, 0.3) is 0 Å². The molecule has 0 saturated carbocycles. The third-order valence-electron chi connectivity index (χ3n) is 2.80. The summed E-state index contributed by atoms with van der Waals surface area (Å²) >= 11 is 0. The zero-order valence-electron chi connectivity index (χ0n) is 10.4. The Morgan fingerprint density at radius 1 is 1.50 bits per heavy atom. The predicted octanol–water partition coefficient (Wildman–Crippen LogP) is 1.61. The average Bonchev–Trinajstić information content (AvgIpc) is 2.40. The van der Waals surface area contributed by atoms with Crippen LogP contribution in [0.3, 0.4) is 0 Å². The third-order valence-corrected chi connectivity index (χ3v) is 2.80. The molecule has 5 nitrogen and oxygen atoms in total. The molecule has 0 aliphatic carbocycles. The number of Topliss-reactive ketones (excluding diaryl/α,β-unsaturated/α-hetero) is 1. The van der Waals surface area contributed by atoms with Crippen molar-refractivity contribution in [3.63, 3.8) is 0 Å². The Labute approximate surface area is 105 Å². The Hall–Kier alpha value is -1.88. The van der Waals surface area contributed by atoms with Crippen molar-refractivity contribution in [1.29, 1.82) is 0 Å². The van der Waals surface area contributed by atoms with Gasteiger partial charge < -0.3 is 9.47 Å². The lowest BCUT2D eigenvalue weighted by Crippen LogP contribution is -2.40. The molecule has 1 aromatic rings. The highest BCUT2D eigenvalue weighted by Crippen LogP contribution is 2.33. The van der Waals surface area contributed by atoms with E-state index < -0.39 is 0 Å². The van der Waals surface area contributed by atoms with Gasteiger partial charge in [-0.3, -0.25) is 14.5 Å². The van der Waals surface area contributed by atoms with Gasteiger partial charge in [-0.15, -0.1) is 0 Å². The van der Waals surface area contributed by atoms with E-state index in [2.05, 4.69) is 0 Å². The van der Waals surface area contributed by atoms with Crippen molar-refractivity contribution in [2.45, 2.75) is 13.3 Å². The summed E-state index contributed by atoms with van der Waals surface area (Å²) in [6.45, 7) is 1.95. The highest BCUT2D eigenvalue weighted by molar-refractivity contribution is 6.01. The van der Waals surface area contributed by atoms with Gasteiger partial charge in [0.15, 0.2) is 12.4 Å². The third kappa shape index (κ3) is 2.22. The van der Waals surface area contributed by atoms with Crippen LogP contribution < -0.4 is 9.64 Å². The van der Waals surface area contributed by atoms with Gasteiger partial charge in [0.1, 0.15) is 12.5 Å². The van der Waals surface area contributed by atoms with E-state index in [1.54, 1.807) is 25.1 Å². The minimum atomic E-state index is -0.176. The Bertz CT molecular complexity index is 484. The molecule has 0 N–H and O–H groups in total. The molecule has 0 radical (unpaired) electrons. The topological polar surface area (TPSA) is 55.8 Å². The molecule has 5 heteroatoms. The van der Waals surface area contributed by atoms with E-state index >= 15 is 0 Å². The molecule has 0 unspecified atom stereocenters. The lowest BCUT2D eigenvalue weighted by molar-refractivity contribution is -0.122. The van der Waals surface area contributed by atoms with Crippen molar-refractivity contribution in [3.8, 4) is 5.75 Å². The molecule has 0 saturated heterocycles. The van der Waals surface area contributed by atoms with E-state index in [0.29, 0.717) is 23.4 Å². The van der Waals surface area contributed by atoms with Crippen molar-refractivity contribution in [1.82, 2.24) is 0 Å². The summed E-state index contributed by atoms with van der Waals surface area (Å²) in [4.78, 5) is 24.9. The van der Waals surface area contributed by atoms with E-state index in [1.807, 2.05) is 0 Å². The maximum absolute atomic E-state index is 11.7. The van der Waals surface area contributed by atoms with E-state index in [1.165, 1.54) is 12.0 Å². The van der Waals surface area contributed by atoms with Crippen LogP contribution in [0.2, 0.25) is 0 Å². The van der Waals surface area contributed by atoms with E-state index in [-0.39, 0.29) is 25.0 Å². The second-order valence-corrected chi connectivity index (χ2v) is 3.99.